The van der Waals surface area contributed by atoms with Crippen molar-refractivity contribution in [2.24, 2.45) is 5.41 Å². The third kappa shape index (κ3) is 3.00. The molecule has 1 heterocycles. The number of hydrogen-bond donors (Lipinski definition) is 1. The summed E-state index contributed by atoms with van der Waals surface area (Å²) in [6, 6.07) is 5.82. The fourth-order valence-electron chi connectivity index (χ4n) is 3.04. The molecule has 2 nitrogen and oxygen atoms in total. The molecule has 2 atom stereocenters. The third-order valence-electron chi connectivity index (χ3n) is 4.69. The molecular formula is C16H21ClFNO. The van der Waals surface area contributed by atoms with Crippen LogP contribution in [0, 0.1) is 11.2 Å². The molecule has 0 aromatic heterocycles. The second-order valence-corrected chi connectivity index (χ2v) is 6.61. The summed E-state index contributed by atoms with van der Waals surface area (Å²) in [5.74, 6) is -0.332. The number of benzene rings is 1. The zero-order valence-corrected chi connectivity index (χ0v) is 12.5. The van der Waals surface area contributed by atoms with Gasteiger partial charge in [-0.1, -0.05) is 17.7 Å². The highest BCUT2D eigenvalue weighted by Crippen LogP contribution is 2.39. The monoisotopic (exact) mass is 297 g/mol. The Kier molecular flexibility index (Phi) is 4.02. The van der Waals surface area contributed by atoms with Crippen LogP contribution < -0.4 is 5.32 Å². The highest BCUT2D eigenvalue weighted by molar-refractivity contribution is 6.30. The summed E-state index contributed by atoms with van der Waals surface area (Å²) >= 11 is 5.76. The lowest BCUT2D eigenvalue weighted by Crippen LogP contribution is -2.42. The van der Waals surface area contributed by atoms with Crippen LogP contribution in [0.5, 0.6) is 0 Å². The Morgan fingerprint density at radius 3 is 2.85 bits per heavy atom. The van der Waals surface area contributed by atoms with Crippen LogP contribution in [-0.4, -0.2) is 25.3 Å². The van der Waals surface area contributed by atoms with Crippen molar-refractivity contribution < 1.29 is 9.13 Å². The molecule has 2 unspecified atom stereocenters. The van der Waals surface area contributed by atoms with Gasteiger partial charge in [0.1, 0.15) is 5.82 Å². The van der Waals surface area contributed by atoms with Gasteiger partial charge in [-0.3, -0.25) is 0 Å². The molecule has 1 aromatic rings. The molecule has 0 bridgehead atoms. The number of halogens is 2. The van der Waals surface area contributed by atoms with E-state index in [0.29, 0.717) is 6.04 Å². The molecule has 1 saturated carbocycles. The highest BCUT2D eigenvalue weighted by Gasteiger charge is 2.42. The fraction of sp³-hybridized carbons (Fsp3) is 0.625. The van der Waals surface area contributed by atoms with Crippen LogP contribution in [0.4, 0.5) is 4.39 Å². The minimum Gasteiger partial charge on any atom is -0.378 e. The molecule has 0 spiro atoms. The molecule has 4 heteroatoms. The van der Waals surface area contributed by atoms with Gasteiger partial charge in [0.05, 0.1) is 11.1 Å². The zero-order valence-electron chi connectivity index (χ0n) is 11.8. The summed E-state index contributed by atoms with van der Waals surface area (Å²) in [6.07, 6.45) is 4.62. The summed E-state index contributed by atoms with van der Waals surface area (Å²) < 4.78 is 19.4. The first-order valence-corrected chi connectivity index (χ1v) is 7.76. The van der Waals surface area contributed by atoms with E-state index in [1.54, 1.807) is 12.1 Å². The van der Waals surface area contributed by atoms with E-state index in [1.807, 2.05) is 6.07 Å². The van der Waals surface area contributed by atoms with Crippen molar-refractivity contribution in [3.05, 3.63) is 34.6 Å². The first-order valence-electron chi connectivity index (χ1n) is 7.38. The second kappa shape index (κ2) is 5.63. The van der Waals surface area contributed by atoms with Gasteiger partial charge in [-0.15, -0.1) is 0 Å². The van der Waals surface area contributed by atoms with Crippen molar-refractivity contribution in [2.45, 2.75) is 44.8 Å². The number of nitrogens with one attached hydrogen (secondary N) is 1. The largest absolute Gasteiger partial charge is 0.378 e. The summed E-state index contributed by atoms with van der Waals surface area (Å²) in [5, 5.41) is 3.81. The van der Waals surface area contributed by atoms with Crippen LogP contribution in [-0.2, 0) is 11.2 Å². The van der Waals surface area contributed by atoms with Crippen molar-refractivity contribution in [1.82, 2.24) is 5.32 Å². The molecule has 1 aromatic carbocycles. The molecule has 3 rings (SSSR count). The lowest BCUT2D eigenvalue weighted by atomic mass is 9.76. The van der Waals surface area contributed by atoms with Crippen LogP contribution in [0.15, 0.2) is 18.2 Å². The molecule has 110 valence electrons. The molecule has 20 heavy (non-hydrogen) atoms. The molecule has 2 aliphatic rings. The first kappa shape index (κ1) is 14.3. The van der Waals surface area contributed by atoms with Gasteiger partial charge in [0.25, 0.3) is 0 Å². The summed E-state index contributed by atoms with van der Waals surface area (Å²) in [4.78, 5) is 0. The van der Waals surface area contributed by atoms with E-state index < -0.39 is 0 Å². The molecule has 2 fully saturated rings. The maximum absolute atomic E-state index is 13.6. The van der Waals surface area contributed by atoms with Crippen LogP contribution in [0.1, 0.15) is 31.7 Å². The van der Waals surface area contributed by atoms with E-state index in [1.165, 1.54) is 12.8 Å². The van der Waals surface area contributed by atoms with Gasteiger partial charge in [0, 0.05) is 24.6 Å². The summed E-state index contributed by atoms with van der Waals surface area (Å²) in [6.45, 7) is 3.88. The van der Waals surface area contributed by atoms with E-state index in [0.717, 1.165) is 31.6 Å². The maximum Gasteiger partial charge on any atom is 0.142 e. The van der Waals surface area contributed by atoms with Crippen molar-refractivity contribution in [3.8, 4) is 0 Å². The van der Waals surface area contributed by atoms with Crippen molar-refractivity contribution in [1.29, 1.82) is 0 Å². The second-order valence-electron chi connectivity index (χ2n) is 6.21. The summed E-state index contributed by atoms with van der Waals surface area (Å²) in [7, 11) is 0. The number of hydrogen-bond acceptors (Lipinski definition) is 2. The molecule has 1 aliphatic carbocycles. The van der Waals surface area contributed by atoms with Gasteiger partial charge in [-0.05, 0) is 50.3 Å². The van der Waals surface area contributed by atoms with Crippen LogP contribution in [0.2, 0.25) is 5.02 Å². The predicted octanol–water partition coefficient (Wildman–Crippen LogP) is 3.57. The summed E-state index contributed by atoms with van der Waals surface area (Å²) in [5.41, 5.74) is 1.07. The smallest absolute Gasteiger partial charge is 0.142 e. The van der Waals surface area contributed by atoms with Gasteiger partial charge in [0.15, 0.2) is 0 Å². The lowest BCUT2D eigenvalue weighted by Gasteiger charge is -2.33. The Morgan fingerprint density at radius 2 is 2.25 bits per heavy atom. The average molecular weight is 298 g/mol. The highest BCUT2D eigenvalue weighted by atomic mass is 35.5. The van der Waals surface area contributed by atoms with E-state index in [4.69, 9.17) is 16.3 Å². The Morgan fingerprint density at radius 1 is 1.45 bits per heavy atom. The zero-order chi connectivity index (χ0) is 14.2. The van der Waals surface area contributed by atoms with E-state index >= 15 is 0 Å². The Balaban J connectivity index is 1.76. The number of ether oxygens (including phenoxy) is 1. The quantitative estimate of drug-likeness (QED) is 0.897. The van der Waals surface area contributed by atoms with Crippen LogP contribution in [0.25, 0.3) is 0 Å². The Bertz CT molecular complexity index is 491. The molecule has 1 aliphatic heterocycles. The first-order chi connectivity index (χ1) is 9.59. The molecule has 0 radical (unpaired) electrons. The lowest BCUT2D eigenvalue weighted by molar-refractivity contribution is 0.0628. The molecule has 1 saturated heterocycles. The van der Waals surface area contributed by atoms with Crippen molar-refractivity contribution >= 4 is 11.6 Å². The Hall–Kier alpha value is -0.640. The van der Waals surface area contributed by atoms with Crippen molar-refractivity contribution in [2.75, 3.05) is 13.2 Å². The van der Waals surface area contributed by atoms with Crippen molar-refractivity contribution in [3.63, 3.8) is 0 Å². The topological polar surface area (TPSA) is 21.3 Å². The number of rotatable bonds is 5. The standard InChI is InChI=1S/C16H21ClFNO/c1-11-16(6-7-20-11,10-19-13-3-4-13)9-12-2-5-14(17)15(18)8-12/h2,5,8,11,13,19H,3-4,6-7,9-10H2,1H3. The van der Waals surface area contributed by atoms with E-state index in [9.17, 15) is 4.39 Å². The minimum absolute atomic E-state index is 0.0723. The van der Waals surface area contributed by atoms with E-state index in [2.05, 4.69) is 12.2 Å². The molecule has 1 N–H and O–H groups in total. The maximum atomic E-state index is 13.6. The van der Waals surface area contributed by atoms with Crippen LogP contribution in [0.3, 0.4) is 0 Å². The predicted molar refractivity (Wildman–Crippen MR) is 78.6 cm³/mol. The third-order valence-corrected chi connectivity index (χ3v) is 5.00. The van der Waals surface area contributed by atoms with E-state index in [-0.39, 0.29) is 22.4 Å². The normalized spacial score (nSPS) is 29.9. The van der Waals surface area contributed by atoms with Gasteiger partial charge >= 0.3 is 0 Å². The molecular weight excluding hydrogens is 277 g/mol. The molecule has 0 amide bonds. The Labute approximate surface area is 124 Å². The fourth-order valence-corrected chi connectivity index (χ4v) is 3.15. The van der Waals surface area contributed by atoms with Gasteiger partial charge in [0.2, 0.25) is 0 Å². The average Bonchev–Trinajstić information content (AvgIpc) is 3.18. The van der Waals surface area contributed by atoms with Gasteiger partial charge in [-0.2, -0.15) is 0 Å². The SMILES string of the molecule is CC1OCCC1(CNC1CC1)Cc1ccc(Cl)c(F)c1. The van der Waals surface area contributed by atoms with Gasteiger partial charge < -0.3 is 10.1 Å². The van der Waals surface area contributed by atoms with Crippen LogP contribution >= 0.6 is 11.6 Å². The minimum atomic E-state index is -0.332. The van der Waals surface area contributed by atoms with Gasteiger partial charge in [-0.25, -0.2) is 4.39 Å².